The zero-order valence-electron chi connectivity index (χ0n) is 15.3. The maximum absolute atomic E-state index is 4.42. The van der Waals surface area contributed by atoms with E-state index in [1.807, 2.05) is 6.20 Å². The fraction of sp³-hybridized carbons (Fsp3) is 0.0741. The first-order chi connectivity index (χ1) is 13.9. The molecule has 1 nitrogen and oxygen atoms in total. The van der Waals surface area contributed by atoms with Crippen molar-refractivity contribution in [3.63, 3.8) is 0 Å². The highest BCUT2D eigenvalue weighted by molar-refractivity contribution is 6.12. The van der Waals surface area contributed by atoms with Crippen LogP contribution < -0.4 is 0 Å². The molecule has 0 fully saturated rings. The first-order valence-corrected chi connectivity index (χ1v) is 9.87. The van der Waals surface area contributed by atoms with Gasteiger partial charge in [0.25, 0.3) is 0 Å². The van der Waals surface area contributed by atoms with Crippen LogP contribution in [0.3, 0.4) is 0 Å². The fourth-order valence-electron chi connectivity index (χ4n) is 5.91. The molecular weight excluding hydrogens is 338 g/mol. The Bertz CT molecular complexity index is 1300. The summed E-state index contributed by atoms with van der Waals surface area (Å²) in [6, 6.07) is 29.2. The molecule has 3 aliphatic rings. The van der Waals surface area contributed by atoms with Gasteiger partial charge in [0.2, 0.25) is 0 Å². The Labute approximate surface area is 164 Å². The molecular formula is C27H17N. The summed E-state index contributed by atoms with van der Waals surface area (Å²) >= 11 is 0. The van der Waals surface area contributed by atoms with E-state index in [0.717, 1.165) is 6.42 Å². The number of rotatable bonds is 0. The van der Waals surface area contributed by atoms with Gasteiger partial charge in [-0.3, -0.25) is 4.98 Å². The van der Waals surface area contributed by atoms with Crippen molar-refractivity contribution in [2.24, 2.45) is 0 Å². The van der Waals surface area contributed by atoms with Gasteiger partial charge in [-0.2, -0.15) is 0 Å². The third-order valence-corrected chi connectivity index (χ3v) is 6.83. The van der Waals surface area contributed by atoms with E-state index >= 15 is 0 Å². The van der Waals surface area contributed by atoms with Crippen LogP contribution in [0.25, 0.3) is 22.3 Å². The highest BCUT2D eigenvalue weighted by atomic mass is 14.6. The summed E-state index contributed by atoms with van der Waals surface area (Å²) in [5, 5.41) is 0. The lowest BCUT2D eigenvalue weighted by Crippen LogP contribution is -2.26. The normalized spacial score (nSPS) is 16.6. The molecule has 0 saturated carbocycles. The number of aromatic nitrogens is 1. The summed E-state index contributed by atoms with van der Waals surface area (Å²) in [6.45, 7) is 0. The minimum Gasteiger partial charge on any atom is -0.264 e. The minimum absolute atomic E-state index is 0.217. The van der Waals surface area contributed by atoms with E-state index in [2.05, 4.69) is 90.0 Å². The van der Waals surface area contributed by atoms with Gasteiger partial charge in [-0.05, 0) is 61.7 Å². The SMILES string of the molecule is c1ccc2c(c1)C1=C(c3ccncc3C1)C21c2ccccc2-c2ccccc21. The molecule has 28 heavy (non-hydrogen) atoms. The summed E-state index contributed by atoms with van der Waals surface area (Å²) in [4.78, 5) is 4.42. The van der Waals surface area contributed by atoms with E-state index in [0.29, 0.717) is 0 Å². The van der Waals surface area contributed by atoms with Crippen molar-refractivity contribution in [1.82, 2.24) is 4.98 Å². The van der Waals surface area contributed by atoms with E-state index in [9.17, 15) is 0 Å². The molecule has 1 spiro atoms. The standard InChI is InChI=1S/C27H17N/c1-4-10-23-19(7-1)20-8-2-5-11-24(20)27(23)25-12-6-3-9-21(25)22-15-17-16-28-14-13-18(17)26(22)27/h1-14,16H,15H2. The number of hydrogen-bond donors (Lipinski definition) is 0. The Morgan fingerprint density at radius 2 is 1.18 bits per heavy atom. The Balaban J connectivity index is 1.71. The van der Waals surface area contributed by atoms with E-state index in [-0.39, 0.29) is 5.41 Å². The van der Waals surface area contributed by atoms with Crippen molar-refractivity contribution in [3.8, 4) is 11.1 Å². The molecule has 3 aliphatic carbocycles. The van der Waals surface area contributed by atoms with Crippen LogP contribution in [0.5, 0.6) is 0 Å². The average Bonchev–Trinajstić information content (AvgIpc) is 3.37. The van der Waals surface area contributed by atoms with Crippen LogP contribution in [0.2, 0.25) is 0 Å². The van der Waals surface area contributed by atoms with Gasteiger partial charge in [0.1, 0.15) is 0 Å². The van der Waals surface area contributed by atoms with Gasteiger partial charge in [0.15, 0.2) is 0 Å². The second-order valence-corrected chi connectivity index (χ2v) is 7.95. The molecule has 1 aromatic heterocycles. The first kappa shape index (κ1) is 14.6. The first-order valence-electron chi connectivity index (χ1n) is 9.87. The van der Waals surface area contributed by atoms with Crippen LogP contribution >= 0.6 is 0 Å². The lowest BCUT2D eigenvalue weighted by molar-refractivity contribution is 0.841. The van der Waals surface area contributed by atoms with E-state index in [1.165, 1.54) is 55.7 Å². The molecule has 0 amide bonds. The van der Waals surface area contributed by atoms with Crippen LogP contribution in [0, 0.1) is 0 Å². The third-order valence-electron chi connectivity index (χ3n) is 6.83. The van der Waals surface area contributed by atoms with Crippen molar-refractivity contribution in [2.45, 2.75) is 11.8 Å². The Morgan fingerprint density at radius 3 is 1.86 bits per heavy atom. The monoisotopic (exact) mass is 355 g/mol. The van der Waals surface area contributed by atoms with Crippen molar-refractivity contribution in [2.75, 3.05) is 0 Å². The number of fused-ring (bicyclic) bond motifs is 11. The van der Waals surface area contributed by atoms with Crippen molar-refractivity contribution < 1.29 is 0 Å². The van der Waals surface area contributed by atoms with Gasteiger partial charge in [-0.1, -0.05) is 72.8 Å². The van der Waals surface area contributed by atoms with Crippen molar-refractivity contribution in [1.29, 1.82) is 0 Å². The molecule has 3 aromatic carbocycles. The lowest BCUT2D eigenvalue weighted by Gasteiger charge is -2.32. The largest absolute Gasteiger partial charge is 0.264 e. The molecule has 0 bridgehead atoms. The van der Waals surface area contributed by atoms with Crippen LogP contribution in [-0.2, 0) is 11.8 Å². The van der Waals surface area contributed by atoms with Crippen molar-refractivity contribution >= 4 is 11.1 Å². The highest BCUT2D eigenvalue weighted by Crippen LogP contribution is 2.66. The number of allylic oxidation sites excluding steroid dienone is 2. The zero-order valence-corrected chi connectivity index (χ0v) is 15.3. The van der Waals surface area contributed by atoms with E-state index in [1.54, 1.807) is 0 Å². The summed E-state index contributed by atoms with van der Waals surface area (Å²) in [5.41, 5.74) is 13.8. The van der Waals surface area contributed by atoms with Gasteiger partial charge in [-0.15, -0.1) is 0 Å². The lowest BCUT2D eigenvalue weighted by atomic mass is 9.68. The molecule has 130 valence electrons. The molecule has 1 heterocycles. The summed E-state index contributed by atoms with van der Waals surface area (Å²) < 4.78 is 0. The van der Waals surface area contributed by atoms with Crippen LogP contribution in [0.1, 0.15) is 33.4 Å². The Kier molecular flexibility index (Phi) is 2.54. The van der Waals surface area contributed by atoms with Gasteiger partial charge in [-0.25, -0.2) is 0 Å². The molecule has 0 aliphatic heterocycles. The number of pyridine rings is 1. The van der Waals surface area contributed by atoms with E-state index in [4.69, 9.17) is 0 Å². The maximum Gasteiger partial charge on any atom is 0.0728 e. The quantitative estimate of drug-likeness (QED) is 0.384. The smallest absolute Gasteiger partial charge is 0.0728 e. The predicted octanol–water partition coefficient (Wildman–Crippen LogP) is 5.88. The molecule has 0 N–H and O–H groups in total. The summed E-state index contributed by atoms with van der Waals surface area (Å²) in [6.07, 6.45) is 4.97. The number of nitrogens with zero attached hydrogens (tertiary/aromatic N) is 1. The number of benzene rings is 3. The third kappa shape index (κ3) is 1.46. The van der Waals surface area contributed by atoms with Gasteiger partial charge in [0.05, 0.1) is 5.41 Å². The average molecular weight is 355 g/mol. The number of hydrogen-bond acceptors (Lipinski definition) is 1. The molecule has 7 rings (SSSR count). The van der Waals surface area contributed by atoms with Crippen LogP contribution in [0.15, 0.2) is 91.3 Å². The summed E-state index contributed by atoms with van der Waals surface area (Å²) in [5.74, 6) is 0. The maximum atomic E-state index is 4.42. The van der Waals surface area contributed by atoms with Crippen LogP contribution in [-0.4, -0.2) is 4.98 Å². The topological polar surface area (TPSA) is 12.9 Å². The minimum atomic E-state index is -0.217. The zero-order chi connectivity index (χ0) is 18.3. The van der Waals surface area contributed by atoms with Crippen molar-refractivity contribution in [3.05, 3.63) is 125 Å². The van der Waals surface area contributed by atoms with Crippen LogP contribution in [0.4, 0.5) is 0 Å². The molecule has 1 heteroatoms. The van der Waals surface area contributed by atoms with Gasteiger partial charge in [0, 0.05) is 18.8 Å². The molecule has 0 radical (unpaired) electrons. The van der Waals surface area contributed by atoms with Gasteiger partial charge < -0.3 is 0 Å². The van der Waals surface area contributed by atoms with Gasteiger partial charge >= 0.3 is 0 Å². The molecule has 0 atom stereocenters. The highest BCUT2D eigenvalue weighted by Gasteiger charge is 2.54. The second kappa shape index (κ2) is 4.88. The molecule has 0 unspecified atom stereocenters. The Hall–Kier alpha value is -3.45. The summed E-state index contributed by atoms with van der Waals surface area (Å²) in [7, 11) is 0. The molecule has 0 saturated heterocycles. The second-order valence-electron chi connectivity index (χ2n) is 7.95. The Morgan fingerprint density at radius 1 is 0.607 bits per heavy atom. The fourth-order valence-corrected chi connectivity index (χ4v) is 5.91. The predicted molar refractivity (Wildman–Crippen MR) is 113 cm³/mol. The van der Waals surface area contributed by atoms with E-state index < -0.39 is 0 Å². The molecule has 4 aromatic rings.